The molecule has 0 aliphatic heterocycles. The molecule has 0 aliphatic rings. The van der Waals surface area contributed by atoms with Crippen LogP contribution in [0.5, 0.6) is 0 Å². The van der Waals surface area contributed by atoms with Crippen LogP contribution < -0.4 is 11.1 Å². The normalized spacial score (nSPS) is 9.83. The molecule has 2 aromatic carbocycles. The molecular formula is C15H15N3. The number of nitrogens with one attached hydrogen (secondary N) is 1. The number of hydrogen-bond donors (Lipinski definition) is 2. The van der Waals surface area contributed by atoms with E-state index in [1.807, 2.05) is 26.0 Å². The summed E-state index contributed by atoms with van der Waals surface area (Å²) in [5.41, 5.74) is 11.0. The number of aryl methyl sites for hydroxylation is 2. The van der Waals surface area contributed by atoms with Crippen LogP contribution in [-0.2, 0) is 0 Å². The lowest BCUT2D eigenvalue weighted by molar-refractivity contribution is 1.37. The van der Waals surface area contributed by atoms with Crippen LogP contribution in [0.25, 0.3) is 0 Å². The SMILES string of the molecule is Cc1ccc(C)c(Nc2cccc(C#N)c2N)c1. The number of nitrogen functional groups attached to an aromatic ring is 1. The Morgan fingerprint density at radius 1 is 1.11 bits per heavy atom. The zero-order valence-corrected chi connectivity index (χ0v) is 10.5. The van der Waals surface area contributed by atoms with E-state index in [0.717, 1.165) is 16.9 Å². The summed E-state index contributed by atoms with van der Waals surface area (Å²) in [4.78, 5) is 0. The molecule has 0 saturated heterocycles. The first-order chi connectivity index (χ1) is 8.61. The van der Waals surface area contributed by atoms with Crippen molar-refractivity contribution in [3.8, 4) is 6.07 Å². The average Bonchev–Trinajstić information content (AvgIpc) is 2.36. The van der Waals surface area contributed by atoms with E-state index in [9.17, 15) is 0 Å². The monoisotopic (exact) mass is 237 g/mol. The molecule has 2 rings (SSSR count). The Bertz CT molecular complexity index is 624. The quantitative estimate of drug-likeness (QED) is 0.786. The van der Waals surface area contributed by atoms with Crippen molar-refractivity contribution in [2.45, 2.75) is 13.8 Å². The fourth-order valence-corrected chi connectivity index (χ4v) is 1.79. The van der Waals surface area contributed by atoms with Gasteiger partial charge in [0.05, 0.1) is 16.9 Å². The van der Waals surface area contributed by atoms with Gasteiger partial charge in [-0.2, -0.15) is 5.26 Å². The highest BCUT2D eigenvalue weighted by atomic mass is 14.9. The van der Waals surface area contributed by atoms with Crippen LogP contribution in [0.3, 0.4) is 0 Å². The Hall–Kier alpha value is -2.47. The highest BCUT2D eigenvalue weighted by molar-refractivity contribution is 5.78. The van der Waals surface area contributed by atoms with Gasteiger partial charge in [-0.3, -0.25) is 0 Å². The molecule has 0 fully saturated rings. The first-order valence-corrected chi connectivity index (χ1v) is 5.74. The maximum absolute atomic E-state index is 8.95. The molecule has 0 saturated carbocycles. The molecular weight excluding hydrogens is 222 g/mol. The number of nitrogens with two attached hydrogens (primary N) is 1. The summed E-state index contributed by atoms with van der Waals surface area (Å²) in [6.45, 7) is 4.08. The van der Waals surface area contributed by atoms with Crippen LogP contribution in [-0.4, -0.2) is 0 Å². The van der Waals surface area contributed by atoms with E-state index in [2.05, 4.69) is 29.6 Å². The molecule has 3 heteroatoms. The Kier molecular flexibility index (Phi) is 3.20. The summed E-state index contributed by atoms with van der Waals surface area (Å²) in [6.07, 6.45) is 0. The van der Waals surface area contributed by atoms with Crippen molar-refractivity contribution in [1.29, 1.82) is 5.26 Å². The molecule has 0 radical (unpaired) electrons. The molecule has 18 heavy (non-hydrogen) atoms. The Morgan fingerprint density at radius 2 is 1.89 bits per heavy atom. The van der Waals surface area contributed by atoms with Crippen LogP contribution in [0.4, 0.5) is 17.1 Å². The van der Waals surface area contributed by atoms with Crippen molar-refractivity contribution in [3.63, 3.8) is 0 Å². The molecule has 0 aliphatic carbocycles. The number of benzene rings is 2. The second kappa shape index (κ2) is 4.80. The summed E-state index contributed by atoms with van der Waals surface area (Å²) in [5, 5.41) is 12.2. The minimum atomic E-state index is 0.487. The van der Waals surface area contributed by atoms with Gasteiger partial charge in [0.15, 0.2) is 0 Å². The van der Waals surface area contributed by atoms with Crippen LogP contribution in [0.1, 0.15) is 16.7 Å². The molecule has 0 bridgehead atoms. The first kappa shape index (κ1) is 12.0. The van der Waals surface area contributed by atoms with E-state index < -0.39 is 0 Å². The third kappa shape index (κ3) is 2.28. The highest BCUT2D eigenvalue weighted by Gasteiger charge is 2.06. The lowest BCUT2D eigenvalue weighted by atomic mass is 10.1. The molecule has 3 N–H and O–H groups in total. The van der Waals surface area contributed by atoms with Crippen molar-refractivity contribution < 1.29 is 0 Å². The molecule has 3 nitrogen and oxygen atoms in total. The van der Waals surface area contributed by atoms with Gasteiger partial charge in [0.25, 0.3) is 0 Å². The Labute approximate surface area is 107 Å². The molecule has 0 heterocycles. The largest absolute Gasteiger partial charge is 0.396 e. The summed E-state index contributed by atoms with van der Waals surface area (Å²) >= 11 is 0. The van der Waals surface area contributed by atoms with Gasteiger partial charge < -0.3 is 11.1 Å². The van der Waals surface area contributed by atoms with Crippen LogP contribution in [0.2, 0.25) is 0 Å². The highest BCUT2D eigenvalue weighted by Crippen LogP contribution is 2.27. The van der Waals surface area contributed by atoms with Gasteiger partial charge in [-0.25, -0.2) is 0 Å². The van der Waals surface area contributed by atoms with Crippen molar-refractivity contribution in [2.24, 2.45) is 0 Å². The van der Waals surface area contributed by atoms with Crippen LogP contribution in [0.15, 0.2) is 36.4 Å². The van der Waals surface area contributed by atoms with E-state index >= 15 is 0 Å². The number of anilines is 3. The number of hydrogen-bond acceptors (Lipinski definition) is 3. The van der Waals surface area contributed by atoms with E-state index in [4.69, 9.17) is 11.0 Å². The van der Waals surface area contributed by atoms with Gasteiger partial charge in [0, 0.05) is 5.69 Å². The van der Waals surface area contributed by atoms with Crippen molar-refractivity contribution in [1.82, 2.24) is 0 Å². The third-order valence-corrected chi connectivity index (χ3v) is 2.89. The Balaban J connectivity index is 2.41. The summed E-state index contributed by atoms with van der Waals surface area (Å²) < 4.78 is 0. The number of nitriles is 1. The number of para-hydroxylation sites is 1. The lowest BCUT2D eigenvalue weighted by Crippen LogP contribution is -2.00. The number of nitrogens with zero attached hydrogens (tertiary/aromatic N) is 1. The molecule has 0 spiro atoms. The first-order valence-electron chi connectivity index (χ1n) is 5.74. The summed E-state index contributed by atoms with van der Waals surface area (Å²) in [5.74, 6) is 0. The standard InChI is InChI=1S/C15H15N3/c1-10-6-7-11(2)14(8-10)18-13-5-3-4-12(9-16)15(13)17/h3-8,18H,17H2,1-2H3. The van der Waals surface area contributed by atoms with E-state index in [0.29, 0.717) is 11.3 Å². The van der Waals surface area contributed by atoms with Gasteiger partial charge in [0.2, 0.25) is 0 Å². The predicted octanol–water partition coefficient (Wildman–Crippen LogP) is 3.50. The molecule has 0 atom stereocenters. The minimum Gasteiger partial charge on any atom is -0.396 e. The molecule has 0 unspecified atom stereocenters. The fraction of sp³-hybridized carbons (Fsp3) is 0.133. The Morgan fingerprint density at radius 3 is 2.61 bits per heavy atom. The smallest absolute Gasteiger partial charge is 0.101 e. The van der Waals surface area contributed by atoms with Gasteiger partial charge in [-0.05, 0) is 43.2 Å². The van der Waals surface area contributed by atoms with Crippen LogP contribution in [0, 0.1) is 25.2 Å². The molecule has 2 aromatic rings. The maximum atomic E-state index is 8.95. The zero-order valence-electron chi connectivity index (χ0n) is 10.5. The minimum absolute atomic E-state index is 0.487. The van der Waals surface area contributed by atoms with Gasteiger partial charge in [0.1, 0.15) is 6.07 Å². The summed E-state index contributed by atoms with van der Waals surface area (Å²) in [7, 11) is 0. The van der Waals surface area contributed by atoms with E-state index in [-0.39, 0.29) is 0 Å². The van der Waals surface area contributed by atoms with Crippen molar-refractivity contribution in [3.05, 3.63) is 53.1 Å². The van der Waals surface area contributed by atoms with Gasteiger partial charge in [-0.15, -0.1) is 0 Å². The van der Waals surface area contributed by atoms with E-state index in [1.54, 1.807) is 6.07 Å². The van der Waals surface area contributed by atoms with Gasteiger partial charge >= 0.3 is 0 Å². The molecule has 90 valence electrons. The topological polar surface area (TPSA) is 61.8 Å². The fourth-order valence-electron chi connectivity index (χ4n) is 1.79. The van der Waals surface area contributed by atoms with Crippen molar-refractivity contribution >= 4 is 17.1 Å². The van der Waals surface area contributed by atoms with E-state index in [1.165, 1.54) is 5.56 Å². The second-order valence-corrected chi connectivity index (χ2v) is 4.32. The lowest BCUT2D eigenvalue weighted by Gasteiger charge is -2.13. The molecule has 0 amide bonds. The maximum Gasteiger partial charge on any atom is 0.101 e. The second-order valence-electron chi connectivity index (χ2n) is 4.32. The van der Waals surface area contributed by atoms with Crippen LogP contribution >= 0.6 is 0 Å². The third-order valence-electron chi connectivity index (χ3n) is 2.89. The number of rotatable bonds is 2. The molecule has 0 aromatic heterocycles. The zero-order chi connectivity index (χ0) is 13.1. The predicted molar refractivity (Wildman–Crippen MR) is 74.8 cm³/mol. The van der Waals surface area contributed by atoms with Crippen molar-refractivity contribution in [2.75, 3.05) is 11.1 Å². The van der Waals surface area contributed by atoms with Gasteiger partial charge in [-0.1, -0.05) is 18.2 Å². The summed E-state index contributed by atoms with van der Waals surface area (Å²) in [6, 6.07) is 13.7. The average molecular weight is 237 g/mol.